The van der Waals surface area contributed by atoms with Gasteiger partial charge in [0, 0.05) is 49.6 Å². The zero-order chi connectivity index (χ0) is 34.3. The van der Waals surface area contributed by atoms with E-state index < -0.39 is 52.5 Å². The van der Waals surface area contributed by atoms with Crippen molar-refractivity contribution in [3.8, 4) is 0 Å². The molecule has 3 aliphatic heterocycles. The van der Waals surface area contributed by atoms with Crippen molar-refractivity contribution in [2.75, 3.05) is 36.8 Å². The van der Waals surface area contributed by atoms with E-state index in [0.29, 0.717) is 41.2 Å². The van der Waals surface area contributed by atoms with Gasteiger partial charge >= 0.3 is 11.9 Å². The van der Waals surface area contributed by atoms with Crippen LogP contribution < -0.4 is 26.7 Å². The second-order valence-corrected chi connectivity index (χ2v) is 13.2. The molecule has 3 fully saturated rings. The zero-order valence-corrected chi connectivity index (χ0v) is 26.8. The number of hydrogen-bond acceptors (Lipinski definition) is 9. The number of aromatic carboxylic acids is 1. The number of thioether (sulfide) groups is 1. The van der Waals surface area contributed by atoms with Crippen LogP contribution in [0.1, 0.15) is 47.8 Å². The highest BCUT2D eigenvalue weighted by molar-refractivity contribution is 8.00. The number of rotatable bonds is 7. The number of aromatic nitrogens is 1. The van der Waals surface area contributed by atoms with Gasteiger partial charge in [0.05, 0.1) is 11.2 Å². The molecule has 2 amide bonds. The van der Waals surface area contributed by atoms with E-state index in [0.717, 1.165) is 25.9 Å². The number of carbonyl (C=O) groups is 4. The lowest BCUT2D eigenvalue weighted by Crippen LogP contribution is -2.71. The molecule has 15 heteroatoms. The number of amides is 2. The molecule has 1 saturated carbocycles. The second-order valence-electron chi connectivity index (χ2n) is 12.1. The SMILES string of the molecule is CC1=C(C(=O)O)N2C(=O)[C@@H](NC(=O)[C@H](N)c3ccccc3)[C@H]2SC1.O=C(O)c1cn(C2CC2)c2cc(N3CCNCC3)c(F)cc2c1=O. The second kappa shape index (κ2) is 13.4. The van der Waals surface area contributed by atoms with E-state index in [4.69, 9.17) is 5.73 Å². The van der Waals surface area contributed by atoms with Crippen molar-refractivity contribution in [3.63, 3.8) is 0 Å². The summed E-state index contributed by atoms with van der Waals surface area (Å²) >= 11 is 1.43. The number of benzene rings is 2. The largest absolute Gasteiger partial charge is 0.477 e. The maximum absolute atomic E-state index is 14.6. The van der Waals surface area contributed by atoms with Crippen LogP contribution in [0.15, 0.2) is 64.7 Å². The first-order valence-corrected chi connectivity index (χ1v) is 16.6. The summed E-state index contributed by atoms with van der Waals surface area (Å²) in [5.41, 5.74) is 7.40. The van der Waals surface area contributed by atoms with Gasteiger partial charge in [0.2, 0.25) is 11.3 Å². The molecule has 4 heterocycles. The van der Waals surface area contributed by atoms with Crippen LogP contribution in [0.2, 0.25) is 0 Å². The van der Waals surface area contributed by atoms with Crippen molar-refractivity contribution in [3.05, 3.63) is 87.1 Å². The van der Waals surface area contributed by atoms with Crippen LogP contribution in [0.5, 0.6) is 0 Å². The first-order chi connectivity index (χ1) is 23.0. The number of fused-ring (bicyclic) bond motifs is 2. The monoisotopic (exact) mass is 678 g/mol. The standard InChI is InChI=1S/C17H18FN3O3.C16H17N3O4S/c18-13-7-11-14(8-15(13)20-5-3-19-4-6-20)21(10-1-2-10)9-12(16(11)22)17(23)24;1-8-7-24-15-11(14(21)19(15)12(8)16(22)23)18-13(20)10(17)9-5-3-2-4-6-9/h7-10,19H,1-6H2,(H,23,24);2-6,10-11,15H,7,17H2,1H3,(H,18,20)(H,22,23)/t;10-,11-,15-/m.1/s1. The highest BCUT2D eigenvalue weighted by atomic mass is 32.2. The molecule has 1 aliphatic carbocycles. The van der Waals surface area contributed by atoms with E-state index in [1.54, 1.807) is 37.3 Å². The minimum Gasteiger partial charge on any atom is -0.477 e. The predicted octanol–water partition coefficient (Wildman–Crippen LogP) is 2.03. The van der Waals surface area contributed by atoms with E-state index in [1.165, 1.54) is 28.9 Å². The molecule has 0 bridgehead atoms. The molecule has 3 aromatic rings. The van der Waals surface area contributed by atoms with Gasteiger partial charge in [0.15, 0.2) is 0 Å². The summed E-state index contributed by atoms with van der Waals surface area (Å²) in [5.74, 6) is -3.25. The number of nitrogens with zero attached hydrogens (tertiary/aromatic N) is 3. The van der Waals surface area contributed by atoms with E-state index in [-0.39, 0.29) is 22.7 Å². The molecule has 0 radical (unpaired) electrons. The Labute approximate surface area is 278 Å². The molecule has 0 unspecified atom stereocenters. The van der Waals surface area contributed by atoms with E-state index in [9.17, 15) is 38.6 Å². The lowest BCUT2D eigenvalue weighted by molar-refractivity contribution is -0.150. The van der Waals surface area contributed by atoms with Crippen LogP contribution in [0, 0.1) is 5.82 Å². The van der Waals surface area contributed by atoms with Crippen LogP contribution in [-0.4, -0.2) is 86.8 Å². The minimum absolute atomic E-state index is 0.0154. The zero-order valence-electron chi connectivity index (χ0n) is 26.0. The fourth-order valence-electron chi connectivity index (χ4n) is 6.14. The van der Waals surface area contributed by atoms with Gasteiger partial charge < -0.3 is 36.0 Å². The number of halogens is 1. The summed E-state index contributed by atoms with van der Waals surface area (Å²) in [4.78, 5) is 62.9. The fourth-order valence-corrected chi connectivity index (χ4v) is 7.44. The quantitative estimate of drug-likeness (QED) is 0.230. The third-order valence-electron chi connectivity index (χ3n) is 8.83. The molecule has 252 valence electrons. The van der Waals surface area contributed by atoms with Crippen LogP contribution >= 0.6 is 11.8 Å². The van der Waals surface area contributed by atoms with Crippen LogP contribution in [0.3, 0.4) is 0 Å². The lowest BCUT2D eigenvalue weighted by atomic mass is 10.0. The summed E-state index contributed by atoms with van der Waals surface area (Å²) in [6.45, 7) is 4.65. The van der Waals surface area contributed by atoms with Gasteiger partial charge in [-0.15, -0.1) is 11.8 Å². The van der Waals surface area contributed by atoms with Crippen molar-refractivity contribution in [2.24, 2.45) is 5.73 Å². The normalized spacial score (nSPS) is 21.1. The van der Waals surface area contributed by atoms with Crippen LogP contribution in [0.25, 0.3) is 10.9 Å². The van der Waals surface area contributed by atoms with Crippen molar-refractivity contribution < 1.29 is 33.8 Å². The van der Waals surface area contributed by atoms with E-state index >= 15 is 0 Å². The fraction of sp³-hybridized carbons (Fsp3) is 0.364. The smallest absolute Gasteiger partial charge is 0.352 e. The number of aliphatic carboxylic acids is 1. The van der Waals surface area contributed by atoms with Gasteiger partial charge in [0.25, 0.3) is 5.91 Å². The maximum atomic E-state index is 14.6. The predicted molar refractivity (Wildman–Crippen MR) is 177 cm³/mol. The molecule has 1 aromatic heterocycles. The summed E-state index contributed by atoms with van der Waals surface area (Å²) < 4.78 is 16.4. The third kappa shape index (κ3) is 6.28. The van der Waals surface area contributed by atoms with Crippen molar-refractivity contribution in [2.45, 2.75) is 43.3 Å². The molecular weight excluding hydrogens is 643 g/mol. The molecule has 6 N–H and O–H groups in total. The van der Waals surface area contributed by atoms with Crippen molar-refractivity contribution >= 4 is 52.1 Å². The Bertz CT molecular complexity index is 1890. The molecule has 4 aliphatic rings. The molecule has 3 atom stereocenters. The summed E-state index contributed by atoms with van der Waals surface area (Å²) in [7, 11) is 0. The Kier molecular flexibility index (Phi) is 9.27. The van der Waals surface area contributed by atoms with Gasteiger partial charge in [-0.3, -0.25) is 19.3 Å². The number of anilines is 1. The Morgan fingerprint density at radius 3 is 2.38 bits per heavy atom. The highest BCUT2D eigenvalue weighted by Crippen LogP contribution is 2.40. The number of pyridine rings is 1. The Morgan fingerprint density at radius 2 is 1.75 bits per heavy atom. The van der Waals surface area contributed by atoms with Gasteiger partial charge in [-0.25, -0.2) is 14.0 Å². The van der Waals surface area contributed by atoms with Crippen LogP contribution in [0.4, 0.5) is 10.1 Å². The maximum Gasteiger partial charge on any atom is 0.352 e. The number of carbonyl (C=O) groups excluding carboxylic acids is 2. The first-order valence-electron chi connectivity index (χ1n) is 15.5. The number of β-lactam (4-membered cyclic amide) rings is 1. The van der Waals surface area contributed by atoms with E-state index in [1.807, 2.05) is 15.5 Å². The summed E-state index contributed by atoms with van der Waals surface area (Å²) in [6, 6.07) is 10.3. The summed E-state index contributed by atoms with van der Waals surface area (Å²) in [6.07, 6.45) is 3.29. The average molecular weight is 679 g/mol. The molecule has 48 heavy (non-hydrogen) atoms. The highest BCUT2D eigenvalue weighted by Gasteiger charge is 2.54. The third-order valence-corrected chi connectivity index (χ3v) is 10.3. The number of hydrogen-bond donors (Lipinski definition) is 5. The summed E-state index contributed by atoms with van der Waals surface area (Å²) in [5, 5.41) is 24.1. The topological polar surface area (TPSA) is 187 Å². The molecule has 2 aromatic carbocycles. The number of nitrogens with two attached hydrogens (primary N) is 1. The van der Waals surface area contributed by atoms with Crippen molar-refractivity contribution in [1.82, 2.24) is 20.1 Å². The Balaban J connectivity index is 0.000000167. The molecule has 7 rings (SSSR count). The van der Waals surface area contributed by atoms with Gasteiger partial charge in [-0.1, -0.05) is 30.3 Å². The van der Waals surface area contributed by atoms with E-state index in [2.05, 4.69) is 10.6 Å². The number of piperazine rings is 1. The van der Waals surface area contributed by atoms with Gasteiger partial charge in [-0.05, 0) is 43.0 Å². The Morgan fingerprint density at radius 1 is 1.06 bits per heavy atom. The number of carboxylic acid groups (broad SMARTS) is 2. The number of nitrogens with one attached hydrogen (secondary N) is 2. The van der Waals surface area contributed by atoms with Gasteiger partial charge in [-0.2, -0.15) is 0 Å². The Hall–Kier alpha value is -4.73. The lowest BCUT2D eigenvalue weighted by Gasteiger charge is -2.49. The minimum atomic E-state index is -1.28. The average Bonchev–Trinajstić information content (AvgIpc) is 3.93. The number of carboxylic acids is 2. The first kappa shape index (κ1) is 33.2. The van der Waals surface area contributed by atoms with Crippen LogP contribution in [-0.2, 0) is 14.4 Å². The molecule has 13 nitrogen and oxygen atoms in total. The molecule has 2 saturated heterocycles. The van der Waals surface area contributed by atoms with Crippen molar-refractivity contribution in [1.29, 1.82) is 0 Å². The molecule has 0 spiro atoms. The molecular formula is C33H35FN6O7S. The van der Waals surface area contributed by atoms with Gasteiger partial charge in [0.1, 0.15) is 34.5 Å².